The summed E-state index contributed by atoms with van der Waals surface area (Å²) in [5.74, 6) is 1.13. The lowest BCUT2D eigenvalue weighted by atomic mass is 10.00. The van der Waals surface area contributed by atoms with Crippen LogP contribution in [0.2, 0.25) is 0 Å². The molecule has 1 aromatic carbocycles. The summed E-state index contributed by atoms with van der Waals surface area (Å²) in [6.45, 7) is 3.79. The standard InChI is InChI=1S/C17H19BrN4O/c1-12-5-4-10-22(11-12)17(23)15-8-9-16(21-20-15)19-14-7-3-2-6-13(14)18/h2-3,6-9,12H,4-5,10-11H2,1H3,(H,19,21). The average Bonchev–Trinajstić information content (AvgIpc) is 2.57. The van der Waals surface area contributed by atoms with Crippen molar-refractivity contribution in [2.24, 2.45) is 5.92 Å². The number of nitrogens with one attached hydrogen (secondary N) is 1. The molecule has 2 heterocycles. The van der Waals surface area contributed by atoms with Crippen LogP contribution in [0.5, 0.6) is 0 Å². The van der Waals surface area contributed by atoms with Crippen LogP contribution in [-0.4, -0.2) is 34.1 Å². The van der Waals surface area contributed by atoms with Crippen molar-refractivity contribution >= 4 is 33.3 Å². The van der Waals surface area contributed by atoms with Gasteiger partial charge in [-0.3, -0.25) is 4.79 Å². The van der Waals surface area contributed by atoms with Crippen molar-refractivity contribution in [2.45, 2.75) is 19.8 Å². The minimum Gasteiger partial charge on any atom is -0.338 e. The Hall–Kier alpha value is -1.95. The van der Waals surface area contributed by atoms with Crippen LogP contribution in [0.1, 0.15) is 30.3 Å². The second kappa shape index (κ2) is 7.08. The van der Waals surface area contributed by atoms with Gasteiger partial charge in [0, 0.05) is 17.6 Å². The first-order chi connectivity index (χ1) is 11.1. The van der Waals surface area contributed by atoms with E-state index in [-0.39, 0.29) is 5.91 Å². The molecular formula is C17H19BrN4O. The summed E-state index contributed by atoms with van der Waals surface area (Å²) < 4.78 is 0.948. The number of carbonyl (C=O) groups is 1. The largest absolute Gasteiger partial charge is 0.338 e. The van der Waals surface area contributed by atoms with Gasteiger partial charge in [-0.15, -0.1) is 10.2 Å². The molecule has 1 aliphatic heterocycles. The third kappa shape index (κ3) is 3.88. The topological polar surface area (TPSA) is 58.1 Å². The number of benzene rings is 1. The number of halogens is 1. The lowest BCUT2D eigenvalue weighted by Gasteiger charge is -2.30. The summed E-state index contributed by atoms with van der Waals surface area (Å²) in [5, 5.41) is 11.4. The third-order valence-electron chi connectivity index (χ3n) is 3.96. The molecule has 2 aromatic rings. The molecule has 0 spiro atoms. The van der Waals surface area contributed by atoms with Gasteiger partial charge >= 0.3 is 0 Å². The monoisotopic (exact) mass is 374 g/mol. The van der Waals surface area contributed by atoms with E-state index in [2.05, 4.69) is 38.4 Å². The Bertz CT molecular complexity index is 689. The van der Waals surface area contributed by atoms with E-state index in [0.717, 1.165) is 29.7 Å². The van der Waals surface area contributed by atoms with Gasteiger partial charge in [0.15, 0.2) is 11.5 Å². The fraction of sp³-hybridized carbons (Fsp3) is 0.353. The fourth-order valence-electron chi connectivity index (χ4n) is 2.75. The zero-order valence-electron chi connectivity index (χ0n) is 13.0. The highest BCUT2D eigenvalue weighted by Crippen LogP contribution is 2.24. The number of rotatable bonds is 3. The quantitative estimate of drug-likeness (QED) is 0.885. The predicted octanol–water partition coefficient (Wildman–Crippen LogP) is 3.85. The van der Waals surface area contributed by atoms with Gasteiger partial charge in [-0.1, -0.05) is 19.1 Å². The number of likely N-dealkylation sites (tertiary alicyclic amines) is 1. The molecule has 1 N–H and O–H groups in total. The second-order valence-electron chi connectivity index (χ2n) is 5.91. The fourth-order valence-corrected chi connectivity index (χ4v) is 3.13. The van der Waals surface area contributed by atoms with E-state index in [1.165, 1.54) is 6.42 Å². The van der Waals surface area contributed by atoms with Gasteiger partial charge in [-0.2, -0.15) is 0 Å². The van der Waals surface area contributed by atoms with E-state index in [4.69, 9.17) is 0 Å². The summed E-state index contributed by atoms with van der Waals surface area (Å²) in [7, 11) is 0. The molecule has 1 atom stereocenters. The molecule has 6 heteroatoms. The van der Waals surface area contributed by atoms with Gasteiger partial charge in [0.1, 0.15) is 0 Å². The lowest BCUT2D eigenvalue weighted by Crippen LogP contribution is -2.39. The Morgan fingerprint density at radius 3 is 2.78 bits per heavy atom. The predicted molar refractivity (Wildman–Crippen MR) is 93.8 cm³/mol. The van der Waals surface area contributed by atoms with Crippen LogP contribution in [0.25, 0.3) is 0 Å². The molecule has 1 unspecified atom stereocenters. The zero-order chi connectivity index (χ0) is 16.2. The molecule has 3 rings (SSSR count). The van der Waals surface area contributed by atoms with Crippen LogP contribution in [-0.2, 0) is 0 Å². The first-order valence-corrected chi connectivity index (χ1v) is 8.57. The van der Waals surface area contributed by atoms with Crippen LogP contribution in [0.4, 0.5) is 11.5 Å². The van der Waals surface area contributed by atoms with Gasteiger partial charge in [0.05, 0.1) is 5.69 Å². The van der Waals surface area contributed by atoms with E-state index in [9.17, 15) is 4.79 Å². The van der Waals surface area contributed by atoms with Gasteiger partial charge in [0.25, 0.3) is 5.91 Å². The highest BCUT2D eigenvalue weighted by Gasteiger charge is 2.23. The number of aromatic nitrogens is 2. The Labute approximate surface area is 144 Å². The second-order valence-corrected chi connectivity index (χ2v) is 6.76. The molecule has 1 saturated heterocycles. The van der Waals surface area contributed by atoms with Crippen molar-refractivity contribution in [2.75, 3.05) is 18.4 Å². The summed E-state index contributed by atoms with van der Waals surface area (Å²) >= 11 is 3.48. The summed E-state index contributed by atoms with van der Waals surface area (Å²) in [6.07, 6.45) is 2.24. The Morgan fingerprint density at radius 1 is 1.26 bits per heavy atom. The Morgan fingerprint density at radius 2 is 2.09 bits per heavy atom. The summed E-state index contributed by atoms with van der Waals surface area (Å²) in [5.41, 5.74) is 1.31. The maximum Gasteiger partial charge on any atom is 0.274 e. The van der Waals surface area contributed by atoms with Gasteiger partial charge in [-0.25, -0.2) is 0 Å². The molecule has 0 radical (unpaired) electrons. The van der Waals surface area contributed by atoms with E-state index >= 15 is 0 Å². The maximum absolute atomic E-state index is 12.5. The molecule has 1 fully saturated rings. The molecule has 0 saturated carbocycles. The van der Waals surface area contributed by atoms with Gasteiger partial charge in [-0.05, 0) is 59.0 Å². The van der Waals surface area contributed by atoms with Crippen LogP contribution >= 0.6 is 15.9 Å². The van der Waals surface area contributed by atoms with Crippen molar-refractivity contribution in [3.63, 3.8) is 0 Å². The number of anilines is 2. The van der Waals surface area contributed by atoms with Gasteiger partial charge in [0.2, 0.25) is 0 Å². The molecule has 0 bridgehead atoms. The van der Waals surface area contributed by atoms with E-state index < -0.39 is 0 Å². The van der Waals surface area contributed by atoms with Crippen LogP contribution in [0.15, 0.2) is 40.9 Å². The number of nitrogens with zero attached hydrogens (tertiary/aromatic N) is 3. The number of hydrogen-bond donors (Lipinski definition) is 1. The van der Waals surface area contributed by atoms with E-state index in [0.29, 0.717) is 17.4 Å². The highest BCUT2D eigenvalue weighted by molar-refractivity contribution is 9.10. The minimum atomic E-state index is -0.0310. The van der Waals surface area contributed by atoms with Crippen LogP contribution < -0.4 is 5.32 Å². The van der Waals surface area contributed by atoms with Crippen molar-refractivity contribution in [3.8, 4) is 0 Å². The normalized spacial score (nSPS) is 17.8. The first kappa shape index (κ1) is 15.9. The number of amides is 1. The first-order valence-electron chi connectivity index (χ1n) is 7.78. The number of carbonyl (C=O) groups excluding carboxylic acids is 1. The maximum atomic E-state index is 12.5. The van der Waals surface area contributed by atoms with Crippen molar-refractivity contribution in [1.82, 2.24) is 15.1 Å². The molecule has 1 amide bonds. The molecule has 1 aromatic heterocycles. The van der Waals surface area contributed by atoms with E-state index in [1.807, 2.05) is 29.2 Å². The zero-order valence-corrected chi connectivity index (χ0v) is 14.6. The SMILES string of the molecule is CC1CCCN(C(=O)c2ccc(Nc3ccccc3Br)nn2)C1. The van der Waals surface area contributed by atoms with E-state index in [1.54, 1.807) is 12.1 Å². The molecule has 1 aliphatic rings. The van der Waals surface area contributed by atoms with Crippen LogP contribution in [0, 0.1) is 5.92 Å². The molecule has 23 heavy (non-hydrogen) atoms. The van der Waals surface area contributed by atoms with Crippen LogP contribution in [0.3, 0.4) is 0 Å². The minimum absolute atomic E-state index is 0.0310. The number of piperidine rings is 1. The smallest absolute Gasteiger partial charge is 0.274 e. The van der Waals surface area contributed by atoms with Crippen molar-refractivity contribution in [1.29, 1.82) is 0 Å². The number of para-hydroxylation sites is 1. The van der Waals surface area contributed by atoms with Crippen molar-refractivity contribution in [3.05, 3.63) is 46.6 Å². The molecule has 120 valence electrons. The molecule has 5 nitrogen and oxygen atoms in total. The highest BCUT2D eigenvalue weighted by atomic mass is 79.9. The third-order valence-corrected chi connectivity index (χ3v) is 4.66. The van der Waals surface area contributed by atoms with Crippen molar-refractivity contribution < 1.29 is 4.79 Å². The Balaban J connectivity index is 1.69. The summed E-state index contributed by atoms with van der Waals surface area (Å²) in [4.78, 5) is 14.3. The summed E-state index contributed by atoms with van der Waals surface area (Å²) in [6, 6.07) is 11.3. The molecular weight excluding hydrogens is 356 g/mol. The average molecular weight is 375 g/mol. The Kier molecular flexibility index (Phi) is 4.91. The van der Waals surface area contributed by atoms with Gasteiger partial charge < -0.3 is 10.2 Å². The number of hydrogen-bond acceptors (Lipinski definition) is 4. The lowest BCUT2D eigenvalue weighted by molar-refractivity contribution is 0.0676. The molecule has 0 aliphatic carbocycles.